The Morgan fingerprint density at radius 2 is 1.85 bits per heavy atom. The molecular formula is C19H20N2O5S. The van der Waals surface area contributed by atoms with Crippen LogP contribution < -0.4 is 15.0 Å². The van der Waals surface area contributed by atoms with E-state index in [1.165, 1.54) is 24.1 Å². The molecule has 0 bridgehead atoms. The summed E-state index contributed by atoms with van der Waals surface area (Å²) in [6.45, 7) is -0.0684. The molecule has 1 heterocycles. The van der Waals surface area contributed by atoms with Crippen LogP contribution in [0.1, 0.15) is 12.8 Å². The highest BCUT2D eigenvalue weighted by molar-refractivity contribution is 7.91. The molecule has 1 aliphatic rings. The van der Waals surface area contributed by atoms with Gasteiger partial charge in [-0.1, -0.05) is 12.1 Å². The fourth-order valence-corrected chi connectivity index (χ4v) is 4.22. The summed E-state index contributed by atoms with van der Waals surface area (Å²) in [6, 6.07) is 13.2. The Morgan fingerprint density at radius 1 is 1.15 bits per heavy atom. The fraction of sp³-hybridized carbons (Fsp3) is 0.263. The molecule has 0 atom stereocenters. The topological polar surface area (TPSA) is 92.8 Å². The molecule has 3 rings (SSSR count). The molecule has 0 aromatic heterocycles. The Kier molecular flexibility index (Phi) is 5.46. The van der Waals surface area contributed by atoms with Gasteiger partial charge in [0.2, 0.25) is 11.8 Å². The van der Waals surface area contributed by atoms with Crippen LogP contribution in [0.5, 0.6) is 5.75 Å². The van der Waals surface area contributed by atoms with Gasteiger partial charge in [-0.3, -0.25) is 9.59 Å². The van der Waals surface area contributed by atoms with Crippen LogP contribution in [0, 0.1) is 0 Å². The van der Waals surface area contributed by atoms with Gasteiger partial charge in [-0.05, 0) is 42.8 Å². The minimum Gasteiger partial charge on any atom is -0.497 e. The summed E-state index contributed by atoms with van der Waals surface area (Å²) in [5.41, 5.74) is 1.20. The molecule has 8 heteroatoms. The number of para-hydroxylation sites is 2. The Morgan fingerprint density at radius 3 is 2.56 bits per heavy atom. The van der Waals surface area contributed by atoms with Gasteiger partial charge in [-0.2, -0.15) is 0 Å². The predicted octanol–water partition coefficient (Wildman–Crippen LogP) is 2.23. The van der Waals surface area contributed by atoms with Crippen LogP contribution in [0.3, 0.4) is 0 Å². The Bertz CT molecular complexity index is 954. The molecule has 0 saturated carbocycles. The maximum atomic E-state index is 12.5. The Hall–Kier alpha value is -2.87. The van der Waals surface area contributed by atoms with Crippen molar-refractivity contribution in [3.05, 3.63) is 48.5 Å². The van der Waals surface area contributed by atoms with Crippen LogP contribution >= 0.6 is 0 Å². The molecule has 2 aromatic rings. The molecule has 0 spiro atoms. The smallest absolute Gasteiger partial charge is 0.244 e. The van der Waals surface area contributed by atoms with Gasteiger partial charge < -0.3 is 15.0 Å². The number of hydrogen-bond donors (Lipinski definition) is 1. The number of fused-ring (bicyclic) bond motifs is 1. The lowest BCUT2D eigenvalue weighted by atomic mass is 10.1. The monoisotopic (exact) mass is 388 g/mol. The average molecular weight is 388 g/mol. The van der Waals surface area contributed by atoms with E-state index in [1.54, 1.807) is 36.4 Å². The standard InChI is InChI=1S/C19H20N2O5S/c1-26-14-8-10-15(11-9-14)27(24,25)12-4-7-19(23)21-13-18(22)20-16-5-2-3-6-17(16)21/h2-3,5-6,8-11H,4,7,12-13H2,1H3,(H,20,22). The van der Waals surface area contributed by atoms with E-state index in [0.717, 1.165) is 0 Å². The molecule has 0 fully saturated rings. The van der Waals surface area contributed by atoms with Gasteiger partial charge in [0.15, 0.2) is 9.84 Å². The van der Waals surface area contributed by atoms with E-state index >= 15 is 0 Å². The normalized spacial score (nSPS) is 13.7. The third kappa shape index (κ3) is 4.28. The first-order valence-corrected chi connectivity index (χ1v) is 10.1. The highest BCUT2D eigenvalue weighted by atomic mass is 32.2. The second-order valence-corrected chi connectivity index (χ2v) is 8.25. The first kappa shape index (κ1) is 18.9. The zero-order chi connectivity index (χ0) is 19.4. The summed E-state index contributed by atoms with van der Waals surface area (Å²) in [5.74, 6) is -0.117. The number of nitrogens with one attached hydrogen (secondary N) is 1. The number of nitrogens with zero attached hydrogens (tertiary/aromatic N) is 1. The molecule has 0 saturated heterocycles. The van der Waals surface area contributed by atoms with Crippen molar-refractivity contribution >= 4 is 33.0 Å². The van der Waals surface area contributed by atoms with Crippen molar-refractivity contribution in [3.63, 3.8) is 0 Å². The Balaban J connectivity index is 1.63. The molecule has 1 aliphatic heterocycles. The molecule has 2 aromatic carbocycles. The van der Waals surface area contributed by atoms with E-state index in [0.29, 0.717) is 17.1 Å². The number of hydrogen-bond acceptors (Lipinski definition) is 5. The second kappa shape index (κ2) is 7.79. The van der Waals surface area contributed by atoms with E-state index in [9.17, 15) is 18.0 Å². The van der Waals surface area contributed by atoms with Gasteiger partial charge in [0.25, 0.3) is 0 Å². The fourth-order valence-electron chi connectivity index (χ4n) is 2.91. The van der Waals surface area contributed by atoms with Crippen molar-refractivity contribution in [2.24, 2.45) is 0 Å². The van der Waals surface area contributed by atoms with E-state index in [1.807, 2.05) is 0 Å². The SMILES string of the molecule is COc1ccc(S(=O)(=O)CCCC(=O)N2CC(=O)Nc3ccccc32)cc1. The van der Waals surface area contributed by atoms with Crippen molar-refractivity contribution in [1.82, 2.24) is 0 Å². The molecule has 2 amide bonds. The number of sulfone groups is 1. The average Bonchev–Trinajstić information content (AvgIpc) is 2.67. The molecule has 7 nitrogen and oxygen atoms in total. The molecule has 0 aliphatic carbocycles. The van der Waals surface area contributed by atoms with Gasteiger partial charge in [-0.15, -0.1) is 0 Å². The zero-order valence-electron chi connectivity index (χ0n) is 14.8. The van der Waals surface area contributed by atoms with Crippen molar-refractivity contribution in [3.8, 4) is 5.75 Å². The lowest BCUT2D eigenvalue weighted by Gasteiger charge is -2.29. The molecule has 0 radical (unpaired) electrons. The van der Waals surface area contributed by atoms with Crippen molar-refractivity contribution in [2.45, 2.75) is 17.7 Å². The van der Waals surface area contributed by atoms with Crippen LogP contribution in [0.15, 0.2) is 53.4 Å². The lowest BCUT2D eigenvalue weighted by molar-refractivity contribution is -0.121. The molecule has 0 unspecified atom stereocenters. The quantitative estimate of drug-likeness (QED) is 0.819. The van der Waals surface area contributed by atoms with Gasteiger partial charge in [-0.25, -0.2) is 8.42 Å². The van der Waals surface area contributed by atoms with Gasteiger partial charge >= 0.3 is 0 Å². The number of carbonyl (C=O) groups is 2. The minimum atomic E-state index is -3.49. The highest BCUT2D eigenvalue weighted by Gasteiger charge is 2.26. The number of amides is 2. The van der Waals surface area contributed by atoms with Crippen LogP contribution in [-0.2, 0) is 19.4 Å². The molecule has 27 heavy (non-hydrogen) atoms. The molecular weight excluding hydrogens is 368 g/mol. The number of anilines is 2. The maximum absolute atomic E-state index is 12.5. The van der Waals surface area contributed by atoms with Gasteiger partial charge in [0.05, 0.1) is 29.1 Å². The highest BCUT2D eigenvalue weighted by Crippen LogP contribution is 2.29. The van der Waals surface area contributed by atoms with Crippen LogP contribution in [0.4, 0.5) is 11.4 Å². The third-order valence-corrected chi connectivity index (χ3v) is 6.11. The summed E-state index contributed by atoms with van der Waals surface area (Å²) >= 11 is 0. The van der Waals surface area contributed by atoms with E-state index in [4.69, 9.17) is 4.74 Å². The number of rotatable bonds is 6. The van der Waals surface area contributed by atoms with E-state index < -0.39 is 9.84 Å². The first-order chi connectivity index (χ1) is 12.9. The predicted molar refractivity (Wildman–Crippen MR) is 102 cm³/mol. The van der Waals surface area contributed by atoms with E-state index in [-0.39, 0.29) is 41.8 Å². The van der Waals surface area contributed by atoms with Gasteiger partial charge in [0, 0.05) is 6.42 Å². The number of benzene rings is 2. The van der Waals surface area contributed by atoms with Crippen molar-refractivity contribution in [1.29, 1.82) is 0 Å². The maximum Gasteiger partial charge on any atom is 0.244 e. The van der Waals surface area contributed by atoms with Crippen LogP contribution in [0.2, 0.25) is 0 Å². The number of methoxy groups -OCH3 is 1. The first-order valence-electron chi connectivity index (χ1n) is 8.47. The number of carbonyl (C=O) groups excluding carboxylic acids is 2. The summed E-state index contributed by atoms with van der Waals surface area (Å²) in [6.07, 6.45) is 0.213. The van der Waals surface area contributed by atoms with Gasteiger partial charge in [0.1, 0.15) is 12.3 Å². The van der Waals surface area contributed by atoms with Crippen molar-refractivity contribution in [2.75, 3.05) is 29.6 Å². The minimum absolute atomic E-state index is 0.0387. The summed E-state index contributed by atoms with van der Waals surface area (Å²) in [5, 5.41) is 2.72. The Labute approximate surface area is 157 Å². The summed E-state index contributed by atoms with van der Waals surface area (Å²) in [4.78, 5) is 25.9. The third-order valence-electron chi connectivity index (χ3n) is 4.29. The summed E-state index contributed by atoms with van der Waals surface area (Å²) in [7, 11) is -1.98. The van der Waals surface area contributed by atoms with E-state index in [2.05, 4.69) is 5.32 Å². The summed E-state index contributed by atoms with van der Waals surface area (Å²) < 4.78 is 29.8. The second-order valence-electron chi connectivity index (χ2n) is 6.14. The zero-order valence-corrected chi connectivity index (χ0v) is 15.7. The lowest BCUT2D eigenvalue weighted by Crippen LogP contribution is -2.42. The van der Waals surface area contributed by atoms with Crippen LogP contribution in [0.25, 0.3) is 0 Å². The molecule has 142 valence electrons. The largest absolute Gasteiger partial charge is 0.497 e. The van der Waals surface area contributed by atoms with Crippen molar-refractivity contribution < 1.29 is 22.7 Å². The number of ether oxygens (including phenoxy) is 1. The van der Waals surface area contributed by atoms with Crippen LogP contribution in [-0.4, -0.2) is 39.6 Å². The molecule has 1 N–H and O–H groups in total.